The molecule has 0 spiro atoms. The first-order chi connectivity index (χ1) is 15.1. The number of rotatable bonds is 7. The van der Waals surface area contributed by atoms with Crippen molar-refractivity contribution in [1.29, 1.82) is 0 Å². The second-order valence-electron chi connectivity index (χ2n) is 8.31. The van der Waals surface area contributed by atoms with E-state index in [2.05, 4.69) is 0 Å². The van der Waals surface area contributed by atoms with Crippen LogP contribution in [0.1, 0.15) is 42.4 Å². The van der Waals surface area contributed by atoms with Crippen molar-refractivity contribution in [2.45, 2.75) is 44.1 Å². The summed E-state index contributed by atoms with van der Waals surface area (Å²) < 4.78 is 6.21. The number of esters is 1. The van der Waals surface area contributed by atoms with Crippen LogP contribution in [0.5, 0.6) is 0 Å². The third-order valence-electron chi connectivity index (χ3n) is 6.03. The quantitative estimate of drug-likeness (QED) is 0.473. The Labute approximate surface area is 184 Å². The summed E-state index contributed by atoms with van der Waals surface area (Å²) >= 11 is 0. The molecule has 1 aliphatic heterocycles. The molecule has 3 aromatic carbocycles. The van der Waals surface area contributed by atoms with Crippen molar-refractivity contribution >= 4 is 5.97 Å². The van der Waals surface area contributed by atoms with Crippen LogP contribution in [0.15, 0.2) is 102 Å². The Bertz CT molecular complexity index is 998. The first-order valence-corrected chi connectivity index (χ1v) is 10.9. The molecule has 0 saturated heterocycles. The average molecular weight is 413 g/mol. The van der Waals surface area contributed by atoms with Crippen LogP contribution >= 0.6 is 0 Å². The van der Waals surface area contributed by atoms with E-state index in [1.54, 1.807) is 0 Å². The van der Waals surface area contributed by atoms with Gasteiger partial charge in [-0.2, -0.15) is 0 Å². The molecule has 158 valence electrons. The minimum absolute atomic E-state index is 0.152. The van der Waals surface area contributed by atoms with Crippen molar-refractivity contribution in [3.8, 4) is 0 Å². The van der Waals surface area contributed by atoms with Crippen molar-refractivity contribution < 1.29 is 14.6 Å². The molecule has 1 heterocycles. The van der Waals surface area contributed by atoms with Crippen LogP contribution in [0.3, 0.4) is 0 Å². The molecular formula is C28H28O3. The molecular weight excluding hydrogens is 384 g/mol. The summed E-state index contributed by atoms with van der Waals surface area (Å²) in [6.45, 7) is 2.03. The van der Waals surface area contributed by atoms with Crippen LogP contribution < -0.4 is 0 Å². The number of carbonyl (C=O) groups is 1. The van der Waals surface area contributed by atoms with Crippen molar-refractivity contribution in [2.75, 3.05) is 0 Å². The Kier molecular flexibility index (Phi) is 6.22. The largest absolute Gasteiger partial charge is 0.512 e. The highest BCUT2D eigenvalue weighted by Gasteiger charge is 2.44. The molecule has 1 N–H and O–H groups in total. The highest BCUT2D eigenvalue weighted by molar-refractivity contribution is 5.92. The minimum Gasteiger partial charge on any atom is -0.512 e. The summed E-state index contributed by atoms with van der Waals surface area (Å²) in [6.07, 6.45) is 2.12. The molecule has 3 heteroatoms. The zero-order valence-electron chi connectivity index (χ0n) is 17.8. The molecule has 1 aliphatic rings. The Morgan fingerprint density at radius 3 is 1.77 bits per heavy atom. The lowest BCUT2D eigenvalue weighted by Gasteiger charge is -2.39. The number of aliphatic hydroxyl groups excluding tert-OH is 1. The molecule has 3 aromatic rings. The van der Waals surface area contributed by atoms with Gasteiger partial charge in [0.1, 0.15) is 11.4 Å². The molecule has 31 heavy (non-hydrogen) atoms. The smallest absolute Gasteiger partial charge is 0.338 e. The number of benzene rings is 3. The molecule has 0 fully saturated rings. The molecule has 1 atom stereocenters. The number of hydrogen-bond acceptors (Lipinski definition) is 3. The topological polar surface area (TPSA) is 46.5 Å². The fourth-order valence-electron chi connectivity index (χ4n) is 4.64. The van der Waals surface area contributed by atoms with Crippen LogP contribution in [0.2, 0.25) is 0 Å². The third kappa shape index (κ3) is 4.72. The summed E-state index contributed by atoms with van der Waals surface area (Å²) in [5, 5.41) is 11.2. The summed E-state index contributed by atoms with van der Waals surface area (Å²) in [5.41, 5.74) is 2.75. The molecule has 1 unspecified atom stereocenters. The minimum atomic E-state index is -0.817. The van der Waals surface area contributed by atoms with E-state index < -0.39 is 11.6 Å². The van der Waals surface area contributed by atoms with Gasteiger partial charge < -0.3 is 9.84 Å². The number of carbonyl (C=O) groups excluding carboxylic acids is 1. The lowest BCUT2D eigenvalue weighted by molar-refractivity contribution is -0.159. The van der Waals surface area contributed by atoms with Crippen LogP contribution in [0.4, 0.5) is 0 Å². The van der Waals surface area contributed by atoms with Gasteiger partial charge >= 0.3 is 5.97 Å². The lowest BCUT2D eigenvalue weighted by Crippen LogP contribution is -2.44. The maximum absolute atomic E-state index is 13.3. The van der Waals surface area contributed by atoms with Gasteiger partial charge in [0.25, 0.3) is 0 Å². The zero-order valence-corrected chi connectivity index (χ0v) is 17.8. The second kappa shape index (κ2) is 9.22. The molecule has 0 aliphatic carbocycles. The molecule has 0 amide bonds. The van der Waals surface area contributed by atoms with E-state index in [0.717, 1.165) is 16.7 Å². The molecule has 3 nitrogen and oxygen atoms in total. The highest BCUT2D eigenvalue weighted by atomic mass is 16.6. The van der Waals surface area contributed by atoms with Crippen molar-refractivity contribution in [2.24, 2.45) is 0 Å². The average Bonchev–Trinajstić information content (AvgIpc) is 2.78. The first-order valence-electron chi connectivity index (χ1n) is 10.9. The number of aliphatic hydroxyl groups is 1. The van der Waals surface area contributed by atoms with E-state index in [4.69, 9.17) is 4.74 Å². The van der Waals surface area contributed by atoms with Crippen LogP contribution in [-0.2, 0) is 22.4 Å². The Morgan fingerprint density at radius 1 is 0.839 bits per heavy atom. The molecule has 0 aromatic heterocycles. The fraction of sp³-hybridized carbons (Fsp3) is 0.250. The van der Waals surface area contributed by atoms with Gasteiger partial charge in [-0.3, -0.25) is 0 Å². The maximum Gasteiger partial charge on any atom is 0.338 e. The lowest BCUT2D eigenvalue weighted by atomic mass is 9.79. The van der Waals surface area contributed by atoms with Crippen LogP contribution in [0.25, 0.3) is 0 Å². The molecule has 0 bridgehead atoms. The predicted octanol–water partition coefficient (Wildman–Crippen LogP) is 6.16. The zero-order chi connectivity index (χ0) is 21.7. The maximum atomic E-state index is 13.3. The van der Waals surface area contributed by atoms with E-state index >= 15 is 0 Å². The van der Waals surface area contributed by atoms with Crippen LogP contribution in [0, 0.1) is 0 Å². The van der Waals surface area contributed by atoms with Crippen LogP contribution in [-0.4, -0.2) is 16.7 Å². The van der Waals surface area contributed by atoms with Gasteiger partial charge in [0, 0.05) is 25.2 Å². The second-order valence-corrected chi connectivity index (χ2v) is 8.31. The van der Waals surface area contributed by atoms with E-state index in [-0.39, 0.29) is 11.7 Å². The van der Waals surface area contributed by atoms with Gasteiger partial charge in [0.15, 0.2) is 0 Å². The van der Waals surface area contributed by atoms with Crippen molar-refractivity contribution in [1.82, 2.24) is 0 Å². The summed E-state index contributed by atoms with van der Waals surface area (Å²) in [4.78, 5) is 13.3. The normalized spacial score (nSPS) is 16.6. The van der Waals surface area contributed by atoms with Gasteiger partial charge in [-0.05, 0) is 23.1 Å². The van der Waals surface area contributed by atoms with Gasteiger partial charge in [-0.1, -0.05) is 97.9 Å². The highest BCUT2D eigenvalue weighted by Crippen LogP contribution is 2.40. The number of ether oxygens (including phenoxy) is 1. The summed E-state index contributed by atoms with van der Waals surface area (Å²) in [7, 11) is 0. The molecule has 0 saturated carbocycles. The molecule has 4 rings (SSSR count). The van der Waals surface area contributed by atoms with Crippen molar-refractivity contribution in [3.63, 3.8) is 0 Å². The standard InChI is InChI=1S/C28H28O3/c1-2-24(23-16-10-5-11-17-23)26-25(29)20-28(31-27(26)30,18-21-12-6-3-7-13-21)19-22-14-8-4-9-15-22/h3-17,24,29H,2,18-20H2,1H3. The Balaban J connectivity index is 1.71. The van der Waals surface area contributed by atoms with E-state index in [0.29, 0.717) is 31.3 Å². The van der Waals surface area contributed by atoms with Gasteiger partial charge in [0.05, 0.1) is 5.57 Å². The monoisotopic (exact) mass is 412 g/mol. The third-order valence-corrected chi connectivity index (χ3v) is 6.03. The van der Waals surface area contributed by atoms with E-state index in [9.17, 15) is 9.90 Å². The number of cyclic esters (lactones) is 1. The Hall–Kier alpha value is -3.33. The predicted molar refractivity (Wildman–Crippen MR) is 123 cm³/mol. The fourth-order valence-corrected chi connectivity index (χ4v) is 4.64. The van der Waals surface area contributed by atoms with Crippen molar-refractivity contribution in [3.05, 3.63) is 119 Å². The first kappa shape index (κ1) is 20.9. The van der Waals surface area contributed by atoms with Gasteiger partial charge in [-0.15, -0.1) is 0 Å². The Morgan fingerprint density at radius 2 is 1.32 bits per heavy atom. The van der Waals surface area contributed by atoms with Gasteiger partial charge in [-0.25, -0.2) is 4.79 Å². The number of hydrogen-bond donors (Lipinski definition) is 1. The van der Waals surface area contributed by atoms with E-state index in [1.165, 1.54) is 0 Å². The summed E-state index contributed by atoms with van der Waals surface area (Å²) in [5.74, 6) is -0.440. The van der Waals surface area contributed by atoms with Gasteiger partial charge in [0.2, 0.25) is 0 Å². The molecule has 0 radical (unpaired) electrons. The van der Waals surface area contributed by atoms with E-state index in [1.807, 2.05) is 97.9 Å². The SMILES string of the molecule is CCC(C1=C(O)CC(Cc2ccccc2)(Cc2ccccc2)OC1=O)c1ccccc1. The summed E-state index contributed by atoms with van der Waals surface area (Å²) in [6, 6.07) is 29.9.